The molecule has 0 heterocycles. The molecule has 4 aromatic carbocycles. The monoisotopic (exact) mass is 612 g/mol. The van der Waals surface area contributed by atoms with Gasteiger partial charge in [-0.15, -0.1) is 0 Å². The molecule has 6 heteroatoms. The highest BCUT2D eigenvalue weighted by molar-refractivity contribution is 9.10. The lowest BCUT2D eigenvalue weighted by Crippen LogP contribution is -2.53. The molecular weight excluding hydrogens is 576 g/mol. The van der Waals surface area contributed by atoms with Gasteiger partial charge in [0.05, 0.1) is 4.47 Å². The number of hydrogen-bond acceptors (Lipinski definition) is 3. The number of benzene rings is 4. The van der Waals surface area contributed by atoms with Gasteiger partial charge in [-0.05, 0) is 63.7 Å². The Morgan fingerprint density at radius 1 is 0.878 bits per heavy atom. The summed E-state index contributed by atoms with van der Waals surface area (Å²) in [6.45, 7) is 2.18. The van der Waals surface area contributed by atoms with Gasteiger partial charge in [0.15, 0.2) is 6.61 Å². The Labute approximate surface area is 251 Å². The summed E-state index contributed by atoms with van der Waals surface area (Å²) >= 11 is 3.67. The van der Waals surface area contributed by atoms with Crippen LogP contribution in [0.15, 0.2) is 95.5 Å². The molecule has 1 atom stereocenters. The smallest absolute Gasteiger partial charge is 0.261 e. The Balaban J connectivity index is 1.42. The van der Waals surface area contributed by atoms with E-state index in [0.717, 1.165) is 57.6 Å². The number of nitrogens with one attached hydrogen (secondary N) is 1. The van der Waals surface area contributed by atoms with Gasteiger partial charge < -0.3 is 15.0 Å². The summed E-state index contributed by atoms with van der Waals surface area (Å²) in [4.78, 5) is 29.6. The molecule has 5 nitrogen and oxygen atoms in total. The minimum Gasteiger partial charge on any atom is -0.483 e. The predicted molar refractivity (Wildman–Crippen MR) is 168 cm³/mol. The van der Waals surface area contributed by atoms with Crippen LogP contribution in [0.25, 0.3) is 10.8 Å². The maximum atomic E-state index is 14.0. The third-order valence-corrected chi connectivity index (χ3v) is 8.69. The molecule has 1 aliphatic rings. The molecule has 212 valence electrons. The number of hydrogen-bond donors (Lipinski definition) is 1. The van der Waals surface area contributed by atoms with Gasteiger partial charge in [0.2, 0.25) is 5.91 Å². The average molecular weight is 614 g/mol. The maximum Gasteiger partial charge on any atom is 0.261 e. The number of amides is 2. The van der Waals surface area contributed by atoms with Crippen LogP contribution in [0.3, 0.4) is 0 Å². The molecule has 1 saturated carbocycles. The van der Waals surface area contributed by atoms with E-state index in [9.17, 15) is 9.59 Å². The summed E-state index contributed by atoms with van der Waals surface area (Å²) in [7, 11) is 0. The lowest BCUT2D eigenvalue weighted by molar-refractivity contribution is -0.143. The first-order valence-corrected chi connectivity index (χ1v) is 15.3. The minimum atomic E-state index is -0.670. The van der Waals surface area contributed by atoms with Crippen LogP contribution in [0.5, 0.6) is 5.75 Å². The van der Waals surface area contributed by atoms with Crippen molar-refractivity contribution in [2.45, 2.75) is 64.1 Å². The Morgan fingerprint density at radius 3 is 2.34 bits per heavy atom. The predicted octanol–water partition coefficient (Wildman–Crippen LogP) is 7.38. The van der Waals surface area contributed by atoms with Crippen molar-refractivity contribution in [3.8, 4) is 5.75 Å². The quantitative estimate of drug-likeness (QED) is 0.203. The van der Waals surface area contributed by atoms with Gasteiger partial charge in [0.25, 0.3) is 5.91 Å². The summed E-state index contributed by atoms with van der Waals surface area (Å²) in [5, 5.41) is 5.39. The highest BCUT2D eigenvalue weighted by Crippen LogP contribution is 2.33. The topological polar surface area (TPSA) is 58.6 Å². The van der Waals surface area contributed by atoms with E-state index in [-0.39, 0.29) is 24.5 Å². The molecular formula is C35H37BrN2O3. The Morgan fingerprint density at radius 2 is 1.59 bits per heavy atom. The van der Waals surface area contributed by atoms with Crippen LogP contribution in [0.2, 0.25) is 0 Å². The van der Waals surface area contributed by atoms with Gasteiger partial charge in [-0.1, -0.05) is 110 Å². The fourth-order valence-electron chi connectivity index (χ4n) is 5.54. The number of fused-ring (bicyclic) bond motifs is 1. The van der Waals surface area contributed by atoms with Crippen LogP contribution in [0.1, 0.15) is 48.8 Å². The lowest BCUT2D eigenvalue weighted by atomic mass is 9.94. The van der Waals surface area contributed by atoms with E-state index in [4.69, 9.17) is 4.74 Å². The molecule has 1 unspecified atom stereocenters. The fraction of sp³-hybridized carbons (Fsp3) is 0.314. The lowest BCUT2D eigenvalue weighted by Gasteiger charge is -2.33. The highest BCUT2D eigenvalue weighted by atomic mass is 79.9. The first kappa shape index (κ1) is 28.9. The standard InChI is InChI=1S/C35H37BrN2O3/c1-25-16-18-27(19-17-25)23-38(33(39)24-41-32-21-20-28-12-8-9-15-30(28)34(32)36)31(22-26-10-4-2-5-11-26)35(40)37-29-13-6-3-7-14-29/h2,4-5,8-12,15-21,29,31H,3,6-7,13-14,22-24H2,1H3,(H,37,40). The third kappa shape index (κ3) is 7.56. The molecule has 1 fully saturated rings. The number of rotatable bonds is 10. The van der Waals surface area contributed by atoms with Gasteiger partial charge in [-0.2, -0.15) is 0 Å². The summed E-state index contributed by atoms with van der Waals surface area (Å²) in [6.07, 6.45) is 5.84. The second kappa shape index (κ2) is 13.8. The van der Waals surface area contributed by atoms with Crippen molar-refractivity contribution in [1.29, 1.82) is 0 Å². The molecule has 41 heavy (non-hydrogen) atoms. The van der Waals surface area contributed by atoms with Crippen LogP contribution >= 0.6 is 15.9 Å². The Kier molecular flexibility index (Phi) is 9.73. The summed E-state index contributed by atoms with van der Waals surface area (Å²) < 4.78 is 6.91. The zero-order valence-electron chi connectivity index (χ0n) is 23.5. The molecule has 4 aromatic rings. The number of halogens is 1. The third-order valence-electron chi connectivity index (χ3n) is 7.88. The normalized spacial score (nSPS) is 14.4. The van der Waals surface area contributed by atoms with Gasteiger partial charge in [-0.25, -0.2) is 0 Å². The number of carbonyl (C=O) groups is 2. The Bertz CT molecular complexity index is 1470. The van der Waals surface area contributed by atoms with Crippen LogP contribution in [0.4, 0.5) is 0 Å². The average Bonchev–Trinajstić information content (AvgIpc) is 3.00. The summed E-state index contributed by atoms with van der Waals surface area (Å²) in [5.41, 5.74) is 3.13. The number of nitrogens with zero attached hydrogens (tertiary/aromatic N) is 1. The van der Waals surface area contributed by atoms with Crippen LogP contribution < -0.4 is 10.1 Å². The van der Waals surface area contributed by atoms with Crippen molar-refractivity contribution >= 4 is 38.5 Å². The van der Waals surface area contributed by atoms with E-state index in [1.165, 1.54) is 6.42 Å². The molecule has 0 aliphatic heterocycles. The largest absolute Gasteiger partial charge is 0.483 e. The Hall–Kier alpha value is -3.64. The molecule has 0 radical (unpaired) electrons. The summed E-state index contributed by atoms with van der Waals surface area (Å²) in [6, 6.07) is 29.4. The first-order chi connectivity index (χ1) is 20.0. The van der Waals surface area contributed by atoms with Crippen molar-refractivity contribution in [2.75, 3.05) is 6.61 Å². The van der Waals surface area contributed by atoms with Crippen molar-refractivity contribution in [3.05, 3.63) is 112 Å². The van der Waals surface area contributed by atoms with E-state index < -0.39 is 6.04 Å². The zero-order valence-corrected chi connectivity index (χ0v) is 25.1. The van der Waals surface area contributed by atoms with E-state index in [1.807, 2.05) is 97.9 Å². The van der Waals surface area contributed by atoms with E-state index in [0.29, 0.717) is 18.7 Å². The molecule has 2 amide bonds. The van der Waals surface area contributed by atoms with E-state index >= 15 is 0 Å². The molecule has 5 rings (SSSR count). The van der Waals surface area contributed by atoms with Gasteiger partial charge in [0, 0.05) is 19.0 Å². The molecule has 0 bridgehead atoms. The SMILES string of the molecule is Cc1ccc(CN(C(=O)COc2ccc3ccccc3c2Br)C(Cc2ccccc2)C(=O)NC2CCCCC2)cc1. The van der Waals surface area contributed by atoms with Crippen molar-refractivity contribution in [1.82, 2.24) is 10.2 Å². The second-order valence-electron chi connectivity index (χ2n) is 10.9. The molecule has 0 saturated heterocycles. The highest BCUT2D eigenvalue weighted by Gasteiger charge is 2.32. The minimum absolute atomic E-state index is 0.104. The van der Waals surface area contributed by atoms with Gasteiger partial charge in [0.1, 0.15) is 11.8 Å². The van der Waals surface area contributed by atoms with Gasteiger partial charge >= 0.3 is 0 Å². The van der Waals surface area contributed by atoms with E-state index in [2.05, 4.69) is 21.2 Å². The first-order valence-electron chi connectivity index (χ1n) is 14.5. The maximum absolute atomic E-state index is 14.0. The molecule has 1 aliphatic carbocycles. The van der Waals surface area contributed by atoms with Crippen LogP contribution in [0, 0.1) is 6.92 Å². The molecule has 0 aromatic heterocycles. The van der Waals surface area contributed by atoms with Crippen LogP contribution in [-0.2, 0) is 22.6 Å². The molecule has 1 N–H and O–H groups in total. The summed E-state index contributed by atoms with van der Waals surface area (Å²) in [5.74, 6) is 0.261. The molecule has 0 spiro atoms. The number of carbonyl (C=O) groups excluding carboxylic acids is 2. The fourth-order valence-corrected chi connectivity index (χ4v) is 6.14. The van der Waals surface area contributed by atoms with Crippen LogP contribution in [-0.4, -0.2) is 35.4 Å². The van der Waals surface area contributed by atoms with Crippen molar-refractivity contribution < 1.29 is 14.3 Å². The van der Waals surface area contributed by atoms with Crippen molar-refractivity contribution in [3.63, 3.8) is 0 Å². The zero-order chi connectivity index (χ0) is 28.6. The van der Waals surface area contributed by atoms with Crippen molar-refractivity contribution in [2.24, 2.45) is 0 Å². The number of ether oxygens (including phenoxy) is 1. The van der Waals surface area contributed by atoms with E-state index in [1.54, 1.807) is 4.90 Å². The number of aryl methyl sites for hydroxylation is 1. The second-order valence-corrected chi connectivity index (χ2v) is 11.7. The van der Waals surface area contributed by atoms with Gasteiger partial charge in [-0.3, -0.25) is 9.59 Å².